The van der Waals surface area contributed by atoms with Gasteiger partial charge in [-0.15, -0.1) is 0 Å². The molecule has 1 aliphatic rings. The van der Waals surface area contributed by atoms with E-state index in [9.17, 15) is 4.39 Å². The molecule has 1 aromatic carbocycles. The average molecular weight is 249 g/mol. The zero-order valence-electron chi connectivity index (χ0n) is 11.5. The molecule has 0 spiro atoms. The van der Waals surface area contributed by atoms with Crippen LogP contribution in [-0.4, -0.2) is 24.7 Å². The van der Waals surface area contributed by atoms with Crippen LogP contribution in [0.4, 0.5) is 4.39 Å². The maximum atomic E-state index is 12.5. The van der Waals surface area contributed by atoms with Crippen molar-refractivity contribution >= 4 is 0 Å². The lowest BCUT2D eigenvalue weighted by Gasteiger charge is -2.25. The molecule has 2 heteroatoms. The minimum Gasteiger partial charge on any atom is -0.296 e. The summed E-state index contributed by atoms with van der Waals surface area (Å²) in [6.07, 6.45) is 2.26. The molecule has 1 heterocycles. The van der Waals surface area contributed by atoms with E-state index in [0.717, 1.165) is 19.5 Å². The van der Waals surface area contributed by atoms with Crippen LogP contribution in [0.3, 0.4) is 0 Å². The number of alkyl halides is 1. The Morgan fingerprint density at radius 2 is 2.00 bits per heavy atom. The fourth-order valence-corrected chi connectivity index (χ4v) is 2.98. The van der Waals surface area contributed by atoms with Crippen molar-refractivity contribution in [1.29, 1.82) is 0 Å². The van der Waals surface area contributed by atoms with Crippen molar-refractivity contribution in [2.45, 2.75) is 32.7 Å². The summed E-state index contributed by atoms with van der Waals surface area (Å²) < 4.78 is 12.5. The molecule has 0 aromatic heterocycles. The first-order chi connectivity index (χ1) is 8.70. The number of halogens is 1. The summed E-state index contributed by atoms with van der Waals surface area (Å²) in [5, 5.41) is 0. The van der Waals surface area contributed by atoms with Gasteiger partial charge in [-0.3, -0.25) is 9.29 Å². The molecular weight excluding hydrogens is 225 g/mol. The Labute approximate surface area is 110 Å². The molecule has 1 unspecified atom stereocenters. The second-order valence-corrected chi connectivity index (χ2v) is 5.73. The molecule has 0 N–H and O–H groups in total. The molecule has 0 radical (unpaired) electrons. The van der Waals surface area contributed by atoms with Gasteiger partial charge in [-0.05, 0) is 43.7 Å². The maximum Gasteiger partial charge on any atom is 0.0920 e. The number of nitrogens with zero attached hydrogens (tertiary/aromatic N) is 1. The SMILES string of the molecule is CC(CF)C[C@H]1CCN([C@@H](C)c2ccccc2)C1. The standard InChI is InChI=1S/C16H24FN/c1-13(11-17)10-15-8-9-18(12-15)14(2)16-6-4-3-5-7-16/h3-7,13-15H,8-12H2,1-2H3/t13?,14-,15+/m0/s1. The van der Waals surface area contributed by atoms with Crippen LogP contribution in [0.5, 0.6) is 0 Å². The summed E-state index contributed by atoms with van der Waals surface area (Å²) in [4.78, 5) is 2.53. The highest BCUT2D eigenvalue weighted by molar-refractivity contribution is 5.18. The predicted octanol–water partition coefficient (Wildman–Crippen LogP) is 4.07. The fourth-order valence-electron chi connectivity index (χ4n) is 2.98. The third-order valence-corrected chi connectivity index (χ3v) is 4.15. The molecule has 1 aliphatic heterocycles. The first-order valence-electron chi connectivity index (χ1n) is 7.05. The Balaban J connectivity index is 1.89. The third kappa shape index (κ3) is 3.32. The average Bonchev–Trinajstić information content (AvgIpc) is 2.87. The molecule has 18 heavy (non-hydrogen) atoms. The first kappa shape index (κ1) is 13.5. The van der Waals surface area contributed by atoms with Gasteiger partial charge >= 0.3 is 0 Å². The van der Waals surface area contributed by atoms with E-state index >= 15 is 0 Å². The Bertz CT molecular complexity index is 351. The highest BCUT2D eigenvalue weighted by Gasteiger charge is 2.27. The zero-order chi connectivity index (χ0) is 13.0. The Kier molecular flexibility index (Phi) is 4.76. The number of hydrogen-bond acceptors (Lipinski definition) is 1. The van der Waals surface area contributed by atoms with E-state index in [1.807, 2.05) is 6.92 Å². The van der Waals surface area contributed by atoms with E-state index in [1.165, 1.54) is 12.0 Å². The minimum absolute atomic E-state index is 0.176. The van der Waals surface area contributed by atoms with Gasteiger partial charge < -0.3 is 0 Å². The van der Waals surface area contributed by atoms with Gasteiger partial charge in [0.25, 0.3) is 0 Å². The minimum atomic E-state index is -0.176. The van der Waals surface area contributed by atoms with Crippen molar-refractivity contribution < 1.29 is 4.39 Å². The highest BCUT2D eigenvalue weighted by atomic mass is 19.1. The molecule has 100 valence electrons. The molecule has 2 rings (SSSR count). The van der Waals surface area contributed by atoms with Gasteiger partial charge in [0.1, 0.15) is 0 Å². The van der Waals surface area contributed by atoms with Crippen molar-refractivity contribution in [2.24, 2.45) is 11.8 Å². The quantitative estimate of drug-likeness (QED) is 0.760. The van der Waals surface area contributed by atoms with Crippen LogP contribution in [0.2, 0.25) is 0 Å². The van der Waals surface area contributed by atoms with Gasteiger partial charge in [-0.25, -0.2) is 0 Å². The maximum absolute atomic E-state index is 12.5. The van der Waals surface area contributed by atoms with E-state index in [0.29, 0.717) is 12.0 Å². The first-order valence-corrected chi connectivity index (χ1v) is 7.05. The highest BCUT2D eigenvalue weighted by Crippen LogP contribution is 2.30. The van der Waals surface area contributed by atoms with Crippen molar-refractivity contribution in [3.8, 4) is 0 Å². The van der Waals surface area contributed by atoms with E-state index in [1.54, 1.807) is 0 Å². The van der Waals surface area contributed by atoms with Gasteiger partial charge in [0, 0.05) is 12.6 Å². The molecule has 1 nitrogen and oxygen atoms in total. The van der Waals surface area contributed by atoms with Crippen LogP contribution < -0.4 is 0 Å². The molecular formula is C16H24FN. The van der Waals surface area contributed by atoms with Crippen molar-refractivity contribution in [2.75, 3.05) is 19.8 Å². The largest absolute Gasteiger partial charge is 0.296 e. The second-order valence-electron chi connectivity index (χ2n) is 5.73. The molecule has 0 saturated carbocycles. The topological polar surface area (TPSA) is 3.24 Å². The monoisotopic (exact) mass is 249 g/mol. The van der Waals surface area contributed by atoms with Crippen LogP contribution in [0.25, 0.3) is 0 Å². The van der Waals surface area contributed by atoms with Gasteiger partial charge in [0.05, 0.1) is 6.67 Å². The lowest BCUT2D eigenvalue weighted by atomic mass is 9.96. The predicted molar refractivity (Wildman–Crippen MR) is 74.3 cm³/mol. The van der Waals surface area contributed by atoms with E-state index < -0.39 is 0 Å². The van der Waals surface area contributed by atoms with E-state index in [-0.39, 0.29) is 12.6 Å². The van der Waals surface area contributed by atoms with Crippen LogP contribution in [-0.2, 0) is 0 Å². The van der Waals surface area contributed by atoms with Crippen LogP contribution >= 0.6 is 0 Å². The second kappa shape index (κ2) is 6.33. The molecule has 0 bridgehead atoms. The van der Waals surface area contributed by atoms with E-state index in [2.05, 4.69) is 42.2 Å². The number of hydrogen-bond donors (Lipinski definition) is 0. The van der Waals surface area contributed by atoms with Gasteiger partial charge in [0.2, 0.25) is 0 Å². The Morgan fingerprint density at radius 3 is 2.67 bits per heavy atom. The van der Waals surface area contributed by atoms with Crippen molar-refractivity contribution in [3.63, 3.8) is 0 Å². The normalized spacial score (nSPS) is 24.1. The molecule has 0 amide bonds. The molecule has 1 saturated heterocycles. The number of benzene rings is 1. The number of rotatable bonds is 5. The third-order valence-electron chi connectivity index (χ3n) is 4.15. The molecule has 1 aromatic rings. The smallest absolute Gasteiger partial charge is 0.0920 e. The Hall–Kier alpha value is -0.890. The number of likely N-dealkylation sites (tertiary alicyclic amines) is 1. The van der Waals surface area contributed by atoms with Crippen LogP contribution in [0.15, 0.2) is 30.3 Å². The van der Waals surface area contributed by atoms with Crippen molar-refractivity contribution in [1.82, 2.24) is 4.90 Å². The summed E-state index contributed by atoms with van der Waals surface area (Å²) in [5.41, 5.74) is 1.39. The van der Waals surface area contributed by atoms with Gasteiger partial charge in [-0.2, -0.15) is 0 Å². The molecule has 1 fully saturated rings. The fraction of sp³-hybridized carbons (Fsp3) is 0.625. The van der Waals surface area contributed by atoms with Crippen LogP contribution in [0, 0.1) is 11.8 Å². The van der Waals surface area contributed by atoms with Gasteiger partial charge in [-0.1, -0.05) is 37.3 Å². The summed E-state index contributed by atoms with van der Waals surface area (Å²) >= 11 is 0. The van der Waals surface area contributed by atoms with Gasteiger partial charge in [0.15, 0.2) is 0 Å². The summed E-state index contributed by atoms with van der Waals surface area (Å²) in [5.74, 6) is 0.906. The summed E-state index contributed by atoms with van der Waals surface area (Å²) in [6, 6.07) is 11.1. The lowest BCUT2D eigenvalue weighted by molar-refractivity contribution is 0.241. The summed E-state index contributed by atoms with van der Waals surface area (Å²) in [7, 11) is 0. The molecule has 3 atom stereocenters. The van der Waals surface area contributed by atoms with E-state index in [4.69, 9.17) is 0 Å². The zero-order valence-corrected chi connectivity index (χ0v) is 11.5. The lowest BCUT2D eigenvalue weighted by Crippen LogP contribution is -2.24. The summed E-state index contributed by atoms with van der Waals surface area (Å²) in [6.45, 7) is 6.39. The Morgan fingerprint density at radius 1 is 1.28 bits per heavy atom. The van der Waals surface area contributed by atoms with Crippen LogP contribution in [0.1, 0.15) is 38.3 Å². The van der Waals surface area contributed by atoms with Crippen molar-refractivity contribution in [3.05, 3.63) is 35.9 Å². The molecule has 0 aliphatic carbocycles.